The van der Waals surface area contributed by atoms with Crippen LogP contribution in [-0.2, 0) is 9.53 Å². The molecule has 0 saturated heterocycles. The standard InChI is InChI=1S/C16H24O2S/c1-10(2)16(17)18-7-8-19-14-6-5-13-11-3-4-12(9-11)15(13)14/h11-15H,1,3-9H2,2H3. The Morgan fingerprint density at radius 2 is 2.05 bits per heavy atom. The predicted molar refractivity (Wildman–Crippen MR) is 79.1 cm³/mol. The van der Waals surface area contributed by atoms with Crippen LogP contribution in [0.25, 0.3) is 0 Å². The number of thioether (sulfide) groups is 1. The van der Waals surface area contributed by atoms with E-state index < -0.39 is 0 Å². The van der Waals surface area contributed by atoms with Crippen molar-refractivity contribution < 1.29 is 9.53 Å². The van der Waals surface area contributed by atoms with Crippen molar-refractivity contribution in [2.75, 3.05) is 12.4 Å². The van der Waals surface area contributed by atoms with E-state index in [1.54, 1.807) is 6.92 Å². The van der Waals surface area contributed by atoms with E-state index in [1.165, 1.54) is 32.1 Å². The molecule has 3 aliphatic carbocycles. The van der Waals surface area contributed by atoms with Gasteiger partial charge in [-0.05, 0) is 62.7 Å². The molecule has 5 atom stereocenters. The van der Waals surface area contributed by atoms with Gasteiger partial charge in [0.15, 0.2) is 0 Å². The molecule has 0 spiro atoms. The van der Waals surface area contributed by atoms with Crippen molar-refractivity contribution in [1.29, 1.82) is 0 Å². The van der Waals surface area contributed by atoms with E-state index in [4.69, 9.17) is 4.74 Å². The molecular weight excluding hydrogens is 256 g/mol. The Hall–Kier alpha value is -0.440. The van der Waals surface area contributed by atoms with Gasteiger partial charge in [-0.25, -0.2) is 4.79 Å². The molecule has 0 heterocycles. The lowest BCUT2D eigenvalue weighted by Gasteiger charge is -2.28. The van der Waals surface area contributed by atoms with E-state index in [0.29, 0.717) is 12.2 Å². The van der Waals surface area contributed by atoms with E-state index in [9.17, 15) is 4.79 Å². The summed E-state index contributed by atoms with van der Waals surface area (Å²) < 4.78 is 5.18. The molecular formula is C16H24O2S. The lowest BCUT2D eigenvalue weighted by Crippen LogP contribution is -2.24. The van der Waals surface area contributed by atoms with Gasteiger partial charge in [-0.3, -0.25) is 0 Å². The smallest absolute Gasteiger partial charge is 0.333 e. The van der Waals surface area contributed by atoms with E-state index in [0.717, 1.165) is 34.7 Å². The van der Waals surface area contributed by atoms with E-state index in [-0.39, 0.29) is 5.97 Å². The number of carbonyl (C=O) groups is 1. The van der Waals surface area contributed by atoms with Crippen LogP contribution in [0.15, 0.2) is 12.2 Å². The lowest BCUT2D eigenvalue weighted by atomic mass is 9.82. The predicted octanol–water partition coefficient (Wildman–Crippen LogP) is 3.66. The van der Waals surface area contributed by atoms with Crippen LogP contribution in [0.2, 0.25) is 0 Å². The molecule has 5 unspecified atom stereocenters. The van der Waals surface area contributed by atoms with Crippen molar-refractivity contribution in [3.63, 3.8) is 0 Å². The maximum absolute atomic E-state index is 11.3. The minimum Gasteiger partial charge on any atom is -0.461 e. The summed E-state index contributed by atoms with van der Waals surface area (Å²) in [5, 5.41) is 0.837. The topological polar surface area (TPSA) is 26.3 Å². The quantitative estimate of drug-likeness (QED) is 0.437. The monoisotopic (exact) mass is 280 g/mol. The summed E-state index contributed by atoms with van der Waals surface area (Å²) in [7, 11) is 0. The highest BCUT2D eigenvalue weighted by molar-refractivity contribution is 7.99. The summed E-state index contributed by atoms with van der Waals surface area (Å²) in [6.45, 7) is 5.84. The molecule has 3 fully saturated rings. The SMILES string of the molecule is C=C(C)C(=O)OCCSC1CCC2C3CCC(C3)C12. The molecule has 3 saturated carbocycles. The maximum Gasteiger partial charge on any atom is 0.333 e. The second kappa shape index (κ2) is 5.51. The van der Waals surface area contributed by atoms with Gasteiger partial charge in [0.25, 0.3) is 0 Å². The van der Waals surface area contributed by atoms with Gasteiger partial charge in [-0.1, -0.05) is 6.58 Å². The van der Waals surface area contributed by atoms with Gasteiger partial charge in [-0.15, -0.1) is 0 Å². The van der Waals surface area contributed by atoms with Gasteiger partial charge in [0, 0.05) is 16.6 Å². The third-order valence-electron chi connectivity index (χ3n) is 5.37. The van der Waals surface area contributed by atoms with Crippen molar-refractivity contribution >= 4 is 17.7 Å². The number of hydrogen-bond donors (Lipinski definition) is 0. The summed E-state index contributed by atoms with van der Waals surface area (Å²) in [6, 6.07) is 0. The molecule has 2 nitrogen and oxygen atoms in total. The first-order chi connectivity index (χ1) is 9.16. The van der Waals surface area contributed by atoms with Gasteiger partial charge >= 0.3 is 5.97 Å². The minimum atomic E-state index is -0.246. The Bertz CT molecular complexity index is 379. The van der Waals surface area contributed by atoms with Crippen LogP contribution in [0.1, 0.15) is 39.0 Å². The van der Waals surface area contributed by atoms with Gasteiger partial charge in [0.05, 0.1) is 0 Å². The highest BCUT2D eigenvalue weighted by Gasteiger charge is 2.53. The summed E-state index contributed by atoms with van der Waals surface area (Å²) in [5.41, 5.74) is 0.499. The third kappa shape index (κ3) is 2.58. The summed E-state index contributed by atoms with van der Waals surface area (Å²) >= 11 is 2.05. The molecule has 3 heteroatoms. The molecule has 0 aromatic carbocycles. The Kier molecular flexibility index (Phi) is 3.93. The highest BCUT2D eigenvalue weighted by atomic mass is 32.2. The van der Waals surface area contributed by atoms with Crippen molar-refractivity contribution in [1.82, 2.24) is 0 Å². The Morgan fingerprint density at radius 1 is 1.26 bits per heavy atom. The molecule has 0 aliphatic heterocycles. The number of ether oxygens (including phenoxy) is 1. The zero-order valence-electron chi connectivity index (χ0n) is 11.8. The molecule has 106 valence electrons. The second-order valence-electron chi connectivity index (χ2n) is 6.48. The van der Waals surface area contributed by atoms with Gasteiger partial charge in [0.2, 0.25) is 0 Å². The van der Waals surface area contributed by atoms with Crippen molar-refractivity contribution in [2.45, 2.75) is 44.3 Å². The fourth-order valence-electron chi connectivity index (χ4n) is 4.66. The van der Waals surface area contributed by atoms with E-state index >= 15 is 0 Å². The number of fused-ring (bicyclic) bond motifs is 5. The molecule has 0 aromatic rings. The first-order valence-electron chi connectivity index (χ1n) is 7.61. The molecule has 0 N–H and O–H groups in total. The van der Waals surface area contributed by atoms with Gasteiger partial charge in [-0.2, -0.15) is 11.8 Å². The normalized spacial score (nSPS) is 39.3. The average Bonchev–Trinajstić information content (AvgIpc) is 3.06. The third-order valence-corrected chi connectivity index (χ3v) is 6.75. The second-order valence-corrected chi connectivity index (χ2v) is 7.82. The summed E-state index contributed by atoms with van der Waals surface area (Å²) in [6.07, 6.45) is 7.33. The van der Waals surface area contributed by atoms with Crippen LogP contribution in [0.5, 0.6) is 0 Å². The maximum atomic E-state index is 11.3. The zero-order valence-corrected chi connectivity index (χ0v) is 12.6. The highest BCUT2D eigenvalue weighted by Crippen LogP contribution is 2.60. The molecule has 0 radical (unpaired) electrons. The minimum absolute atomic E-state index is 0.246. The molecule has 19 heavy (non-hydrogen) atoms. The fraction of sp³-hybridized carbons (Fsp3) is 0.812. The van der Waals surface area contributed by atoms with E-state index in [1.807, 2.05) is 11.8 Å². The summed E-state index contributed by atoms with van der Waals surface area (Å²) in [4.78, 5) is 11.3. The van der Waals surface area contributed by atoms with Crippen molar-refractivity contribution in [3.8, 4) is 0 Å². The van der Waals surface area contributed by atoms with Crippen LogP contribution in [0.3, 0.4) is 0 Å². The first kappa shape index (κ1) is 13.5. The molecule has 3 rings (SSSR count). The van der Waals surface area contributed by atoms with Gasteiger partial charge in [0.1, 0.15) is 6.61 Å². The van der Waals surface area contributed by atoms with Crippen LogP contribution in [0.4, 0.5) is 0 Å². The van der Waals surface area contributed by atoms with Crippen LogP contribution in [-0.4, -0.2) is 23.6 Å². The van der Waals surface area contributed by atoms with Crippen molar-refractivity contribution in [2.24, 2.45) is 23.7 Å². The first-order valence-corrected chi connectivity index (χ1v) is 8.66. The number of esters is 1. The molecule has 0 aromatic heterocycles. The molecule has 0 amide bonds. The molecule has 3 aliphatic rings. The number of hydrogen-bond acceptors (Lipinski definition) is 3. The number of carbonyl (C=O) groups excluding carboxylic acids is 1. The Labute approximate surface area is 120 Å². The van der Waals surface area contributed by atoms with E-state index in [2.05, 4.69) is 6.58 Å². The Morgan fingerprint density at radius 3 is 2.84 bits per heavy atom. The lowest BCUT2D eigenvalue weighted by molar-refractivity contribution is -0.138. The molecule has 2 bridgehead atoms. The number of rotatable bonds is 5. The largest absolute Gasteiger partial charge is 0.461 e. The van der Waals surface area contributed by atoms with Crippen LogP contribution < -0.4 is 0 Å². The van der Waals surface area contributed by atoms with Crippen LogP contribution >= 0.6 is 11.8 Å². The fourth-order valence-corrected chi connectivity index (χ4v) is 6.09. The summed E-state index contributed by atoms with van der Waals surface area (Å²) in [5.74, 6) is 4.80. The van der Waals surface area contributed by atoms with Gasteiger partial charge < -0.3 is 4.74 Å². The van der Waals surface area contributed by atoms with Crippen LogP contribution in [0, 0.1) is 23.7 Å². The Balaban J connectivity index is 1.42. The average molecular weight is 280 g/mol. The van der Waals surface area contributed by atoms with Crippen molar-refractivity contribution in [3.05, 3.63) is 12.2 Å². The zero-order chi connectivity index (χ0) is 13.4.